The minimum absolute atomic E-state index is 0.303. The summed E-state index contributed by atoms with van der Waals surface area (Å²) in [6, 6.07) is 7.99. The lowest BCUT2D eigenvalue weighted by Gasteiger charge is -2.28. The Labute approximate surface area is 156 Å². The van der Waals surface area contributed by atoms with Gasteiger partial charge in [0, 0.05) is 24.0 Å². The van der Waals surface area contributed by atoms with Gasteiger partial charge in [0.25, 0.3) is 0 Å². The average molecular weight is 369 g/mol. The van der Waals surface area contributed by atoms with E-state index >= 15 is 0 Å². The van der Waals surface area contributed by atoms with Crippen molar-refractivity contribution in [1.29, 1.82) is 0 Å². The molecule has 3 heterocycles. The number of amides is 1. The number of benzene rings is 1. The summed E-state index contributed by atoms with van der Waals surface area (Å²) in [4.78, 5) is 20.5. The second-order valence-corrected chi connectivity index (χ2v) is 6.89. The van der Waals surface area contributed by atoms with Crippen molar-refractivity contribution in [3.05, 3.63) is 47.4 Å². The molecule has 1 aliphatic heterocycles. The van der Waals surface area contributed by atoms with Gasteiger partial charge in [-0.2, -0.15) is 10.1 Å². The van der Waals surface area contributed by atoms with E-state index in [1.807, 2.05) is 32.0 Å². The normalized spacial score (nSPS) is 14.0. The summed E-state index contributed by atoms with van der Waals surface area (Å²) in [5.41, 5.74) is 2.92. The van der Waals surface area contributed by atoms with Gasteiger partial charge in [0.2, 0.25) is 5.88 Å². The zero-order valence-corrected chi connectivity index (χ0v) is 15.4. The third-order valence-corrected chi connectivity index (χ3v) is 4.57. The quantitative estimate of drug-likeness (QED) is 0.708. The summed E-state index contributed by atoms with van der Waals surface area (Å²) >= 11 is 0. The van der Waals surface area contributed by atoms with Gasteiger partial charge in [-0.15, -0.1) is 0 Å². The number of aryl methyl sites for hydroxylation is 1. The van der Waals surface area contributed by atoms with Crippen LogP contribution >= 0.6 is 0 Å². The maximum absolute atomic E-state index is 13.2. The third-order valence-electron chi connectivity index (χ3n) is 4.57. The Morgan fingerprint density at radius 2 is 2.00 bits per heavy atom. The maximum Gasteiger partial charge on any atom is 0.416 e. The number of carbonyl (C=O) groups excluding carboxylic acids is 1. The van der Waals surface area contributed by atoms with Crippen molar-refractivity contribution in [2.24, 2.45) is 0 Å². The minimum Gasteiger partial charge on any atom is -0.391 e. The lowest BCUT2D eigenvalue weighted by atomic mass is 10.1. The Morgan fingerprint density at radius 3 is 2.70 bits per heavy atom. The van der Waals surface area contributed by atoms with Crippen LogP contribution in [0.15, 0.2) is 30.3 Å². The number of aromatic nitrogens is 3. The summed E-state index contributed by atoms with van der Waals surface area (Å²) in [7, 11) is 3.92. The molecular weight excluding hydrogens is 349 g/mol. The van der Waals surface area contributed by atoms with Crippen LogP contribution in [0.2, 0.25) is 0 Å². The van der Waals surface area contributed by atoms with Crippen molar-refractivity contribution < 1.29 is 13.9 Å². The van der Waals surface area contributed by atoms with E-state index in [9.17, 15) is 9.18 Å². The molecule has 1 aliphatic rings. The fraction of sp³-hybridized carbons (Fsp3) is 0.316. The molecule has 0 saturated heterocycles. The Morgan fingerprint density at radius 1 is 1.26 bits per heavy atom. The largest absolute Gasteiger partial charge is 0.416 e. The minimum atomic E-state index is -0.402. The summed E-state index contributed by atoms with van der Waals surface area (Å²) in [5.74, 6) is -0.0131. The van der Waals surface area contributed by atoms with Crippen molar-refractivity contribution in [1.82, 2.24) is 24.6 Å². The first kappa shape index (κ1) is 17.4. The van der Waals surface area contributed by atoms with E-state index in [-0.39, 0.29) is 5.82 Å². The zero-order valence-electron chi connectivity index (χ0n) is 15.4. The molecule has 0 fully saturated rings. The molecule has 3 aromatic rings. The molecule has 140 valence electrons. The third kappa shape index (κ3) is 3.23. The number of fused-ring (bicyclic) bond motifs is 2. The molecule has 27 heavy (non-hydrogen) atoms. The summed E-state index contributed by atoms with van der Waals surface area (Å²) in [6.45, 7) is 3.68. The van der Waals surface area contributed by atoms with Gasteiger partial charge in [-0.1, -0.05) is 0 Å². The highest BCUT2D eigenvalue weighted by atomic mass is 19.1. The molecular formula is C19H20FN5O2. The molecule has 0 N–H and O–H groups in total. The van der Waals surface area contributed by atoms with E-state index in [2.05, 4.69) is 10.1 Å². The van der Waals surface area contributed by atoms with Gasteiger partial charge in [0.15, 0.2) is 5.65 Å². The van der Waals surface area contributed by atoms with E-state index in [0.29, 0.717) is 30.3 Å². The van der Waals surface area contributed by atoms with E-state index < -0.39 is 6.09 Å². The van der Waals surface area contributed by atoms with Gasteiger partial charge in [-0.05, 0) is 51.4 Å². The molecule has 0 radical (unpaired) electrons. The summed E-state index contributed by atoms with van der Waals surface area (Å²) < 4.78 is 20.3. The Balaban J connectivity index is 1.73. The van der Waals surface area contributed by atoms with Crippen molar-refractivity contribution in [3.8, 4) is 11.6 Å². The fourth-order valence-corrected chi connectivity index (χ4v) is 3.08. The van der Waals surface area contributed by atoms with Gasteiger partial charge in [0.1, 0.15) is 5.82 Å². The predicted molar refractivity (Wildman–Crippen MR) is 98.5 cm³/mol. The van der Waals surface area contributed by atoms with E-state index in [1.165, 1.54) is 12.1 Å². The second kappa shape index (κ2) is 6.62. The van der Waals surface area contributed by atoms with Crippen LogP contribution in [0.5, 0.6) is 5.88 Å². The second-order valence-electron chi connectivity index (χ2n) is 6.89. The Kier molecular flexibility index (Phi) is 4.27. The lowest BCUT2D eigenvalue weighted by Crippen LogP contribution is -2.41. The van der Waals surface area contributed by atoms with E-state index in [4.69, 9.17) is 4.74 Å². The number of hydrogen-bond donors (Lipinski definition) is 0. The molecule has 0 saturated carbocycles. The summed E-state index contributed by atoms with van der Waals surface area (Å²) in [6.07, 6.45) is -0.402. The predicted octanol–water partition coefficient (Wildman–Crippen LogP) is 2.74. The highest BCUT2D eigenvalue weighted by Crippen LogP contribution is 2.30. The van der Waals surface area contributed by atoms with E-state index in [0.717, 1.165) is 23.2 Å². The molecule has 0 atom stereocenters. The molecule has 1 aromatic carbocycles. The van der Waals surface area contributed by atoms with Gasteiger partial charge in [0.05, 0.1) is 17.9 Å². The average Bonchev–Trinajstić information content (AvgIpc) is 2.95. The van der Waals surface area contributed by atoms with Crippen molar-refractivity contribution >= 4 is 17.1 Å². The number of ether oxygens (including phenoxy) is 1. The first-order valence-electron chi connectivity index (χ1n) is 8.69. The number of hydrogen-bond acceptors (Lipinski definition) is 5. The topological polar surface area (TPSA) is 63.5 Å². The van der Waals surface area contributed by atoms with Crippen LogP contribution in [0.3, 0.4) is 0 Å². The van der Waals surface area contributed by atoms with Gasteiger partial charge in [-0.25, -0.2) is 13.9 Å². The van der Waals surface area contributed by atoms with Gasteiger partial charge in [-0.3, -0.25) is 0 Å². The Hall–Kier alpha value is -3.00. The number of likely N-dealkylation sites (N-methyl/N-ethyl adjacent to an activating group) is 1. The van der Waals surface area contributed by atoms with Crippen molar-refractivity contribution in [3.63, 3.8) is 0 Å². The van der Waals surface area contributed by atoms with Crippen molar-refractivity contribution in [2.75, 3.05) is 27.2 Å². The number of halogens is 1. The van der Waals surface area contributed by atoms with Crippen LogP contribution < -0.4 is 4.74 Å². The number of carbonyl (C=O) groups is 1. The van der Waals surface area contributed by atoms with E-state index in [1.54, 1.807) is 21.7 Å². The van der Waals surface area contributed by atoms with Gasteiger partial charge < -0.3 is 14.5 Å². The van der Waals surface area contributed by atoms with Crippen LogP contribution in [-0.2, 0) is 6.54 Å². The van der Waals surface area contributed by atoms with Crippen LogP contribution in [0.4, 0.5) is 9.18 Å². The molecule has 0 bridgehead atoms. The maximum atomic E-state index is 13.2. The highest BCUT2D eigenvalue weighted by molar-refractivity contribution is 5.83. The molecule has 7 nitrogen and oxygen atoms in total. The molecule has 8 heteroatoms. The van der Waals surface area contributed by atoms with Crippen LogP contribution in [-0.4, -0.2) is 57.8 Å². The first-order chi connectivity index (χ1) is 12.9. The molecule has 0 aliphatic carbocycles. The number of pyridine rings is 1. The summed E-state index contributed by atoms with van der Waals surface area (Å²) in [5, 5.41) is 5.41. The van der Waals surface area contributed by atoms with Gasteiger partial charge >= 0.3 is 6.09 Å². The molecule has 0 unspecified atom stereocenters. The van der Waals surface area contributed by atoms with Crippen LogP contribution in [0.1, 0.15) is 11.3 Å². The number of rotatable bonds is 4. The SMILES string of the molecule is Cc1nn(-c2ccc(F)cc2)c2nc3c(cc12)CN(CCN(C)C)C(=O)O3. The highest BCUT2D eigenvalue weighted by Gasteiger charge is 2.27. The molecule has 1 amide bonds. The van der Waals surface area contributed by atoms with Crippen LogP contribution in [0, 0.1) is 12.7 Å². The standard InChI is InChI=1S/C19H20FN5O2/c1-12-16-10-13-11-24(9-8-23(2)3)19(26)27-18(13)21-17(16)25(22-12)15-6-4-14(20)5-7-15/h4-7,10H,8-9,11H2,1-3H3. The fourth-order valence-electron chi connectivity index (χ4n) is 3.08. The first-order valence-corrected chi connectivity index (χ1v) is 8.69. The Bertz CT molecular complexity index is 1010. The molecule has 2 aromatic heterocycles. The molecule has 4 rings (SSSR count). The zero-order chi connectivity index (χ0) is 19.1. The smallest absolute Gasteiger partial charge is 0.391 e. The monoisotopic (exact) mass is 369 g/mol. The lowest BCUT2D eigenvalue weighted by molar-refractivity contribution is 0.132. The number of nitrogens with zero attached hydrogens (tertiary/aromatic N) is 5. The molecule has 0 spiro atoms. The van der Waals surface area contributed by atoms with Crippen molar-refractivity contribution in [2.45, 2.75) is 13.5 Å². The van der Waals surface area contributed by atoms with Crippen LogP contribution in [0.25, 0.3) is 16.7 Å².